The first-order valence-corrected chi connectivity index (χ1v) is 7.97. The zero-order valence-corrected chi connectivity index (χ0v) is 12.1. The fourth-order valence-electron chi connectivity index (χ4n) is 1.71. The largest absolute Gasteiger partial charge is 0.457 e. The van der Waals surface area contributed by atoms with Gasteiger partial charge >= 0.3 is 0 Å². The fourth-order valence-corrected chi connectivity index (χ4v) is 2.48. The van der Waals surface area contributed by atoms with Gasteiger partial charge in [-0.3, -0.25) is 0 Å². The van der Waals surface area contributed by atoms with Crippen LogP contribution in [0.25, 0.3) is 0 Å². The van der Waals surface area contributed by atoms with Crippen LogP contribution in [-0.2, 0) is 9.05 Å². The second kappa shape index (κ2) is 5.23. The number of hydrogen-bond donors (Lipinski definition) is 0. The second-order valence-corrected chi connectivity index (χ2v) is 6.85. The lowest BCUT2D eigenvalue weighted by Gasteiger charge is -2.09. The Morgan fingerprint density at radius 1 is 1.00 bits per heavy atom. The molecule has 0 heterocycles. The van der Waals surface area contributed by atoms with Gasteiger partial charge in [0.05, 0.1) is 4.90 Å². The zero-order chi connectivity index (χ0) is 14.0. The van der Waals surface area contributed by atoms with Crippen LogP contribution in [0.2, 0.25) is 0 Å². The molecule has 19 heavy (non-hydrogen) atoms. The van der Waals surface area contributed by atoms with Crippen LogP contribution in [-0.4, -0.2) is 8.42 Å². The van der Waals surface area contributed by atoms with Crippen molar-refractivity contribution in [1.82, 2.24) is 0 Å². The molecule has 3 nitrogen and oxygen atoms in total. The van der Waals surface area contributed by atoms with Crippen molar-refractivity contribution in [3.05, 3.63) is 53.6 Å². The van der Waals surface area contributed by atoms with E-state index in [0.29, 0.717) is 5.75 Å². The Labute approximate surface area is 117 Å². The average Bonchev–Trinajstić information content (AvgIpc) is 2.32. The van der Waals surface area contributed by atoms with E-state index < -0.39 is 9.05 Å². The molecule has 2 rings (SSSR count). The predicted molar refractivity (Wildman–Crippen MR) is 75.5 cm³/mol. The Kier molecular flexibility index (Phi) is 3.83. The quantitative estimate of drug-likeness (QED) is 0.803. The highest BCUT2D eigenvalue weighted by atomic mass is 35.7. The maximum absolute atomic E-state index is 11.1. The highest BCUT2D eigenvalue weighted by Gasteiger charge is 2.09. The molecule has 0 amide bonds. The van der Waals surface area contributed by atoms with Crippen LogP contribution in [0, 0.1) is 13.8 Å². The highest BCUT2D eigenvalue weighted by Crippen LogP contribution is 2.27. The first-order valence-electron chi connectivity index (χ1n) is 5.66. The van der Waals surface area contributed by atoms with Crippen molar-refractivity contribution in [3.8, 4) is 11.5 Å². The Bertz CT molecular complexity index is 691. The maximum Gasteiger partial charge on any atom is 0.261 e. The average molecular weight is 297 g/mol. The number of benzene rings is 2. The monoisotopic (exact) mass is 296 g/mol. The summed E-state index contributed by atoms with van der Waals surface area (Å²) in [6, 6.07) is 11.9. The van der Waals surface area contributed by atoms with Crippen molar-refractivity contribution < 1.29 is 13.2 Å². The molecule has 2 aromatic rings. The van der Waals surface area contributed by atoms with E-state index in [2.05, 4.69) is 0 Å². The maximum atomic E-state index is 11.1. The molecule has 5 heteroatoms. The van der Waals surface area contributed by atoms with Crippen LogP contribution in [0.5, 0.6) is 11.5 Å². The van der Waals surface area contributed by atoms with E-state index in [-0.39, 0.29) is 4.90 Å². The molecular formula is C14H13ClO3S. The summed E-state index contributed by atoms with van der Waals surface area (Å²) in [5.41, 5.74) is 2.18. The molecule has 0 aromatic heterocycles. The summed E-state index contributed by atoms with van der Waals surface area (Å²) < 4.78 is 27.9. The molecule has 0 spiro atoms. The van der Waals surface area contributed by atoms with Gasteiger partial charge in [-0.1, -0.05) is 17.7 Å². The normalized spacial score (nSPS) is 11.3. The van der Waals surface area contributed by atoms with Crippen molar-refractivity contribution in [2.24, 2.45) is 0 Å². The molecule has 0 unspecified atom stereocenters. The molecule has 0 aliphatic heterocycles. The van der Waals surface area contributed by atoms with Crippen LogP contribution in [0.4, 0.5) is 0 Å². The van der Waals surface area contributed by atoms with Gasteiger partial charge in [-0.15, -0.1) is 0 Å². The van der Waals surface area contributed by atoms with Crippen molar-refractivity contribution in [2.45, 2.75) is 18.7 Å². The van der Waals surface area contributed by atoms with Gasteiger partial charge in [0.1, 0.15) is 11.5 Å². The van der Waals surface area contributed by atoms with E-state index in [1.165, 1.54) is 12.1 Å². The summed E-state index contributed by atoms with van der Waals surface area (Å²) >= 11 is 0. The lowest BCUT2D eigenvalue weighted by molar-refractivity contribution is 0.478. The molecule has 0 saturated carbocycles. The fraction of sp³-hybridized carbons (Fsp3) is 0.143. The summed E-state index contributed by atoms with van der Waals surface area (Å²) in [4.78, 5) is 0.0575. The third-order valence-corrected chi connectivity index (χ3v) is 4.03. The Morgan fingerprint density at radius 3 is 2.16 bits per heavy atom. The smallest absolute Gasteiger partial charge is 0.261 e. The van der Waals surface area contributed by atoms with Gasteiger partial charge < -0.3 is 4.74 Å². The summed E-state index contributed by atoms with van der Waals surface area (Å²) in [6.07, 6.45) is 0. The Hall–Kier alpha value is -1.52. The van der Waals surface area contributed by atoms with Crippen LogP contribution < -0.4 is 4.74 Å². The number of rotatable bonds is 3. The van der Waals surface area contributed by atoms with Crippen molar-refractivity contribution >= 4 is 19.7 Å². The topological polar surface area (TPSA) is 43.4 Å². The lowest BCUT2D eigenvalue weighted by atomic mass is 10.1. The van der Waals surface area contributed by atoms with E-state index in [1.54, 1.807) is 12.1 Å². The molecule has 2 aromatic carbocycles. The summed E-state index contributed by atoms with van der Waals surface area (Å²) in [7, 11) is 1.56. The third-order valence-electron chi connectivity index (χ3n) is 2.66. The van der Waals surface area contributed by atoms with Gasteiger partial charge in [0.2, 0.25) is 0 Å². The van der Waals surface area contributed by atoms with Gasteiger partial charge in [0, 0.05) is 10.7 Å². The minimum Gasteiger partial charge on any atom is -0.457 e. The van der Waals surface area contributed by atoms with E-state index in [4.69, 9.17) is 15.4 Å². The van der Waals surface area contributed by atoms with Crippen LogP contribution in [0.1, 0.15) is 11.1 Å². The van der Waals surface area contributed by atoms with Crippen LogP contribution >= 0.6 is 10.7 Å². The molecule has 0 saturated heterocycles. The van der Waals surface area contributed by atoms with Gasteiger partial charge in [0.15, 0.2) is 0 Å². The molecule has 0 aliphatic rings. The molecule has 100 valence electrons. The predicted octanol–water partition coefficient (Wildman–Crippen LogP) is 4.02. The van der Waals surface area contributed by atoms with Crippen molar-refractivity contribution in [1.29, 1.82) is 0 Å². The zero-order valence-electron chi connectivity index (χ0n) is 10.6. The van der Waals surface area contributed by atoms with Crippen molar-refractivity contribution in [3.63, 3.8) is 0 Å². The minimum absolute atomic E-state index is 0.0575. The van der Waals surface area contributed by atoms with Gasteiger partial charge in [-0.25, -0.2) is 8.42 Å². The molecule has 0 fully saturated rings. The summed E-state index contributed by atoms with van der Waals surface area (Å²) in [5, 5.41) is 0. The third kappa shape index (κ3) is 3.49. The van der Waals surface area contributed by atoms with Gasteiger partial charge in [-0.05, 0) is 49.7 Å². The van der Waals surface area contributed by atoms with E-state index in [1.807, 2.05) is 32.0 Å². The van der Waals surface area contributed by atoms with Crippen molar-refractivity contribution in [2.75, 3.05) is 0 Å². The van der Waals surface area contributed by atoms with Gasteiger partial charge in [0.25, 0.3) is 9.05 Å². The SMILES string of the molecule is Cc1ccc(Oc2ccc(S(=O)(=O)Cl)cc2)c(C)c1. The first kappa shape index (κ1) is 13.9. The summed E-state index contributed by atoms with van der Waals surface area (Å²) in [5.74, 6) is 1.31. The van der Waals surface area contributed by atoms with Crippen LogP contribution in [0.15, 0.2) is 47.4 Å². The molecular weight excluding hydrogens is 284 g/mol. The standard InChI is InChI=1S/C14H13ClO3S/c1-10-3-8-14(11(2)9-10)18-12-4-6-13(7-5-12)19(15,16)17/h3-9H,1-2H3. The Balaban J connectivity index is 2.25. The lowest BCUT2D eigenvalue weighted by Crippen LogP contribution is -1.91. The summed E-state index contributed by atoms with van der Waals surface area (Å²) in [6.45, 7) is 3.97. The highest BCUT2D eigenvalue weighted by molar-refractivity contribution is 8.13. The number of hydrogen-bond acceptors (Lipinski definition) is 3. The molecule has 0 radical (unpaired) electrons. The van der Waals surface area contributed by atoms with E-state index in [0.717, 1.165) is 16.9 Å². The first-order chi connectivity index (χ1) is 8.86. The van der Waals surface area contributed by atoms with E-state index in [9.17, 15) is 8.42 Å². The number of aryl methyl sites for hydroxylation is 2. The minimum atomic E-state index is -3.69. The molecule has 0 bridgehead atoms. The molecule has 0 atom stereocenters. The molecule has 0 aliphatic carbocycles. The molecule has 0 N–H and O–H groups in total. The number of ether oxygens (including phenoxy) is 1. The van der Waals surface area contributed by atoms with Crippen LogP contribution in [0.3, 0.4) is 0 Å². The second-order valence-electron chi connectivity index (χ2n) is 4.28. The van der Waals surface area contributed by atoms with Gasteiger partial charge in [-0.2, -0.15) is 0 Å². The van der Waals surface area contributed by atoms with E-state index >= 15 is 0 Å². The number of halogens is 1. The Morgan fingerprint density at radius 2 is 1.63 bits per heavy atom.